The first-order valence-electron chi connectivity index (χ1n) is 10.2. The van der Waals surface area contributed by atoms with Gasteiger partial charge in [0.2, 0.25) is 0 Å². The standard InChI is InChI=1S/C23H30N2O2/c1-26-21-8-5-9-22(27-2)23(21)20-14-18(10-12-24-20)19-11-13-25(16-19)15-17-6-3-4-7-17/h5,8-10,12,14,17,19H,3-4,6-7,11,13,15-16H2,1-2H3/t19-/m1/s1. The molecule has 2 aliphatic rings. The van der Waals surface area contributed by atoms with E-state index in [-0.39, 0.29) is 0 Å². The molecule has 2 aromatic rings. The summed E-state index contributed by atoms with van der Waals surface area (Å²) < 4.78 is 11.1. The Bertz CT molecular complexity index is 748. The molecule has 1 aliphatic carbocycles. The van der Waals surface area contributed by atoms with Gasteiger partial charge in [-0.25, -0.2) is 0 Å². The molecule has 0 N–H and O–H groups in total. The molecule has 1 aromatic carbocycles. The Morgan fingerprint density at radius 3 is 2.48 bits per heavy atom. The maximum Gasteiger partial charge on any atom is 0.132 e. The number of benzene rings is 1. The average Bonchev–Trinajstić information content (AvgIpc) is 3.40. The number of nitrogens with zero attached hydrogens (tertiary/aromatic N) is 2. The predicted molar refractivity (Wildman–Crippen MR) is 109 cm³/mol. The third-order valence-electron chi connectivity index (χ3n) is 6.20. The molecular formula is C23H30N2O2. The highest BCUT2D eigenvalue weighted by molar-refractivity contribution is 5.74. The molecule has 1 saturated carbocycles. The highest BCUT2D eigenvalue weighted by atomic mass is 16.5. The summed E-state index contributed by atoms with van der Waals surface area (Å²) in [7, 11) is 3.39. The zero-order chi connectivity index (χ0) is 18.6. The molecule has 0 unspecified atom stereocenters. The van der Waals surface area contributed by atoms with Crippen molar-refractivity contribution in [2.24, 2.45) is 5.92 Å². The monoisotopic (exact) mass is 366 g/mol. The van der Waals surface area contributed by atoms with E-state index in [2.05, 4.69) is 22.0 Å². The topological polar surface area (TPSA) is 34.6 Å². The van der Waals surface area contributed by atoms with Gasteiger partial charge in [-0.05, 0) is 67.5 Å². The Morgan fingerprint density at radius 1 is 1.04 bits per heavy atom. The van der Waals surface area contributed by atoms with Crippen LogP contribution in [0.4, 0.5) is 0 Å². The summed E-state index contributed by atoms with van der Waals surface area (Å²) in [5, 5.41) is 0. The molecule has 0 spiro atoms. The van der Waals surface area contributed by atoms with Gasteiger partial charge < -0.3 is 14.4 Å². The van der Waals surface area contributed by atoms with Gasteiger partial charge in [0, 0.05) is 19.3 Å². The minimum atomic E-state index is 0.592. The van der Waals surface area contributed by atoms with Crippen molar-refractivity contribution in [3.8, 4) is 22.8 Å². The van der Waals surface area contributed by atoms with Crippen molar-refractivity contribution >= 4 is 0 Å². The number of hydrogen-bond acceptors (Lipinski definition) is 4. The Labute approximate surface area is 162 Å². The van der Waals surface area contributed by atoms with Gasteiger partial charge in [-0.3, -0.25) is 4.98 Å². The molecule has 4 nitrogen and oxygen atoms in total. The van der Waals surface area contributed by atoms with Gasteiger partial charge in [-0.15, -0.1) is 0 Å². The van der Waals surface area contributed by atoms with Crippen LogP contribution in [0, 0.1) is 5.92 Å². The smallest absolute Gasteiger partial charge is 0.132 e. The van der Waals surface area contributed by atoms with Gasteiger partial charge in [-0.1, -0.05) is 18.9 Å². The highest BCUT2D eigenvalue weighted by Gasteiger charge is 2.27. The van der Waals surface area contributed by atoms with Crippen molar-refractivity contribution in [2.75, 3.05) is 33.9 Å². The zero-order valence-corrected chi connectivity index (χ0v) is 16.5. The first-order valence-corrected chi connectivity index (χ1v) is 10.2. The van der Waals surface area contributed by atoms with Gasteiger partial charge in [0.05, 0.1) is 25.5 Å². The number of pyridine rings is 1. The van der Waals surface area contributed by atoms with Crippen LogP contribution in [0.3, 0.4) is 0 Å². The largest absolute Gasteiger partial charge is 0.496 e. The summed E-state index contributed by atoms with van der Waals surface area (Å²) in [6.45, 7) is 3.68. The maximum atomic E-state index is 5.57. The lowest BCUT2D eigenvalue weighted by atomic mass is 9.97. The second-order valence-electron chi connectivity index (χ2n) is 7.91. The minimum absolute atomic E-state index is 0.592. The summed E-state index contributed by atoms with van der Waals surface area (Å²) in [6, 6.07) is 10.3. The van der Waals surface area contributed by atoms with E-state index in [9.17, 15) is 0 Å². The lowest BCUT2D eigenvalue weighted by Crippen LogP contribution is -2.26. The van der Waals surface area contributed by atoms with E-state index in [1.807, 2.05) is 24.4 Å². The summed E-state index contributed by atoms with van der Waals surface area (Å²) in [4.78, 5) is 7.30. The quantitative estimate of drug-likeness (QED) is 0.739. The molecule has 1 aromatic heterocycles. The normalized spacial score (nSPS) is 20.9. The van der Waals surface area contributed by atoms with Crippen molar-refractivity contribution in [1.29, 1.82) is 0 Å². The second kappa shape index (κ2) is 8.30. The number of aromatic nitrogens is 1. The van der Waals surface area contributed by atoms with E-state index in [1.54, 1.807) is 14.2 Å². The molecule has 2 fully saturated rings. The maximum absolute atomic E-state index is 5.57. The molecule has 144 valence electrons. The fourth-order valence-electron chi connectivity index (χ4n) is 4.77. The minimum Gasteiger partial charge on any atom is -0.496 e. The summed E-state index contributed by atoms with van der Waals surface area (Å²) in [5.74, 6) is 3.12. The Balaban J connectivity index is 1.53. The van der Waals surface area contributed by atoms with Crippen LogP contribution < -0.4 is 9.47 Å². The first kappa shape index (κ1) is 18.3. The summed E-state index contributed by atoms with van der Waals surface area (Å²) >= 11 is 0. The molecule has 0 bridgehead atoms. The number of methoxy groups -OCH3 is 2. The second-order valence-corrected chi connectivity index (χ2v) is 7.91. The van der Waals surface area contributed by atoms with E-state index in [0.717, 1.165) is 28.7 Å². The van der Waals surface area contributed by atoms with Crippen molar-refractivity contribution in [3.63, 3.8) is 0 Å². The molecule has 2 heterocycles. The molecule has 27 heavy (non-hydrogen) atoms. The Hall–Kier alpha value is -2.07. The summed E-state index contributed by atoms with van der Waals surface area (Å²) in [5.41, 5.74) is 3.24. The van der Waals surface area contributed by atoms with Gasteiger partial charge in [0.25, 0.3) is 0 Å². The number of likely N-dealkylation sites (tertiary alicyclic amines) is 1. The molecule has 0 amide bonds. The molecule has 1 atom stereocenters. The third kappa shape index (κ3) is 3.96. The van der Waals surface area contributed by atoms with Gasteiger partial charge in [0.15, 0.2) is 0 Å². The van der Waals surface area contributed by atoms with Crippen LogP contribution in [0.5, 0.6) is 11.5 Å². The van der Waals surface area contributed by atoms with Gasteiger partial charge in [-0.2, -0.15) is 0 Å². The first-order chi connectivity index (χ1) is 13.3. The molecule has 1 saturated heterocycles. The van der Waals surface area contributed by atoms with Crippen LogP contribution in [0.15, 0.2) is 36.5 Å². The molecule has 1 aliphatic heterocycles. The van der Waals surface area contributed by atoms with E-state index >= 15 is 0 Å². The summed E-state index contributed by atoms with van der Waals surface area (Å²) in [6.07, 6.45) is 8.87. The Kier molecular flexibility index (Phi) is 5.63. The fourth-order valence-corrected chi connectivity index (χ4v) is 4.77. The average molecular weight is 367 g/mol. The third-order valence-corrected chi connectivity index (χ3v) is 6.20. The van der Waals surface area contributed by atoms with Crippen LogP contribution in [0.2, 0.25) is 0 Å². The lowest BCUT2D eigenvalue weighted by Gasteiger charge is -2.20. The van der Waals surface area contributed by atoms with Crippen LogP contribution in [0.25, 0.3) is 11.3 Å². The number of rotatable bonds is 6. The fraction of sp³-hybridized carbons (Fsp3) is 0.522. The molecular weight excluding hydrogens is 336 g/mol. The van der Waals surface area contributed by atoms with Crippen molar-refractivity contribution < 1.29 is 9.47 Å². The van der Waals surface area contributed by atoms with Crippen LogP contribution in [0.1, 0.15) is 43.6 Å². The number of hydrogen-bond donors (Lipinski definition) is 0. The molecule has 0 radical (unpaired) electrons. The van der Waals surface area contributed by atoms with Gasteiger partial charge in [0.1, 0.15) is 11.5 Å². The van der Waals surface area contributed by atoms with Crippen LogP contribution >= 0.6 is 0 Å². The predicted octanol–water partition coefficient (Wildman–Crippen LogP) is 4.75. The Morgan fingerprint density at radius 2 is 1.78 bits per heavy atom. The zero-order valence-electron chi connectivity index (χ0n) is 16.5. The highest BCUT2D eigenvalue weighted by Crippen LogP contribution is 2.39. The van der Waals surface area contributed by atoms with Crippen molar-refractivity contribution in [2.45, 2.75) is 38.0 Å². The SMILES string of the molecule is COc1cccc(OC)c1-c1cc([C@@H]2CCN(CC3CCCC3)C2)ccn1. The van der Waals surface area contributed by atoms with E-state index in [4.69, 9.17) is 9.47 Å². The number of ether oxygens (including phenoxy) is 2. The van der Waals surface area contributed by atoms with Crippen LogP contribution in [-0.2, 0) is 0 Å². The van der Waals surface area contributed by atoms with Gasteiger partial charge >= 0.3 is 0 Å². The van der Waals surface area contributed by atoms with Crippen molar-refractivity contribution in [3.05, 3.63) is 42.1 Å². The van der Waals surface area contributed by atoms with E-state index < -0.39 is 0 Å². The molecule has 4 rings (SSSR count). The van der Waals surface area contributed by atoms with E-state index in [1.165, 1.54) is 57.3 Å². The molecule has 4 heteroatoms. The van der Waals surface area contributed by atoms with E-state index in [0.29, 0.717) is 5.92 Å². The van der Waals surface area contributed by atoms with Crippen molar-refractivity contribution in [1.82, 2.24) is 9.88 Å². The van der Waals surface area contributed by atoms with Crippen LogP contribution in [-0.4, -0.2) is 43.7 Å². The lowest BCUT2D eigenvalue weighted by molar-refractivity contribution is 0.277.